The summed E-state index contributed by atoms with van der Waals surface area (Å²) in [5.41, 5.74) is 0.813. The summed E-state index contributed by atoms with van der Waals surface area (Å²) in [6.45, 7) is 5.45. The molecule has 23 heavy (non-hydrogen) atoms. The summed E-state index contributed by atoms with van der Waals surface area (Å²) in [6, 6.07) is 7.95. The van der Waals surface area contributed by atoms with E-state index in [0.29, 0.717) is 6.04 Å². The number of likely N-dealkylation sites (tertiary alicyclic amines) is 1. The zero-order chi connectivity index (χ0) is 16.2. The monoisotopic (exact) mass is 318 g/mol. The van der Waals surface area contributed by atoms with E-state index in [-0.39, 0.29) is 17.8 Å². The topological polar surface area (TPSA) is 39.7 Å². The molecule has 1 saturated carbocycles. The van der Waals surface area contributed by atoms with Crippen LogP contribution in [-0.2, 0) is 0 Å². The normalized spacial score (nSPS) is 28.0. The molecule has 4 nitrogen and oxygen atoms in total. The molecule has 0 aromatic heterocycles. The van der Waals surface area contributed by atoms with Crippen LogP contribution in [0.1, 0.15) is 37.7 Å². The number of nitrogens with one attached hydrogen (secondary N) is 2. The van der Waals surface area contributed by atoms with E-state index in [4.69, 9.17) is 0 Å². The molecule has 1 aromatic rings. The molecule has 2 aliphatic rings. The Morgan fingerprint density at radius 2 is 2.22 bits per heavy atom. The van der Waals surface area contributed by atoms with Gasteiger partial charge in [0, 0.05) is 31.6 Å². The van der Waals surface area contributed by atoms with Crippen LogP contribution in [0, 0.1) is 5.82 Å². The van der Waals surface area contributed by atoms with Crippen LogP contribution in [0.3, 0.4) is 0 Å². The third-order valence-corrected chi connectivity index (χ3v) is 5.05. The molecule has 0 spiro atoms. The molecular weight excluding hydrogens is 291 g/mol. The highest BCUT2D eigenvalue weighted by atomic mass is 19.1. The molecule has 3 rings (SSSR count). The predicted octanol–water partition coefficient (Wildman–Crippen LogP) is 2.33. The second-order valence-corrected chi connectivity index (χ2v) is 6.49. The van der Waals surface area contributed by atoms with Crippen molar-refractivity contribution in [2.75, 3.05) is 26.7 Å². The molecule has 1 aromatic carbocycles. The Labute approximate surface area is 138 Å². The van der Waals surface area contributed by atoms with Crippen LogP contribution in [0.15, 0.2) is 29.3 Å². The summed E-state index contributed by atoms with van der Waals surface area (Å²) >= 11 is 0. The molecular formula is C18H27FN4. The Hall–Kier alpha value is -1.62. The molecule has 1 heterocycles. The van der Waals surface area contributed by atoms with Crippen LogP contribution < -0.4 is 10.6 Å². The van der Waals surface area contributed by atoms with Crippen molar-refractivity contribution >= 4 is 5.96 Å². The maximum Gasteiger partial charge on any atom is 0.191 e. The van der Waals surface area contributed by atoms with Crippen LogP contribution in [0.2, 0.25) is 0 Å². The van der Waals surface area contributed by atoms with Crippen molar-refractivity contribution in [3.8, 4) is 0 Å². The fraction of sp³-hybridized carbons (Fsp3) is 0.611. The van der Waals surface area contributed by atoms with Gasteiger partial charge in [0.15, 0.2) is 5.96 Å². The van der Waals surface area contributed by atoms with Gasteiger partial charge in [0.1, 0.15) is 5.82 Å². The summed E-state index contributed by atoms with van der Waals surface area (Å²) < 4.78 is 13.8. The first kappa shape index (κ1) is 16.2. The quantitative estimate of drug-likeness (QED) is 0.646. The first-order chi connectivity index (χ1) is 11.2. The van der Waals surface area contributed by atoms with Gasteiger partial charge in [-0.3, -0.25) is 9.89 Å². The van der Waals surface area contributed by atoms with E-state index >= 15 is 0 Å². The number of guanidine groups is 1. The molecule has 5 heteroatoms. The van der Waals surface area contributed by atoms with Crippen molar-refractivity contribution in [1.82, 2.24) is 15.5 Å². The number of benzene rings is 1. The van der Waals surface area contributed by atoms with Gasteiger partial charge >= 0.3 is 0 Å². The lowest BCUT2D eigenvalue weighted by Crippen LogP contribution is -2.45. The molecule has 3 atom stereocenters. The molecule has 2 fully saturated rings. The Kier molecular flexibility index (Phi) is 5.16. The predicted molar refractivity (Wildman–Crippen MR) is 92.3 cm³/mol. The van der Waals surface area contributed by atoms with Gasteiger partial charge in [-0.05, 0) is 44.0 Å². The SMILES string of the molecule is CCN1CCCC1CNC(=NC)NC1CC1c1ccccc1F. The minimum absolute atomic E-state index is 0.103. The Balaban J connectivity index is 1.49. The van der Waals surface area contributed by atoms with Crippen LogP contribution in [0.4, 0.5) is 4.39 Å². The summed E-state index contributed by atoms with van der Waals surface area (Å²) in [6.07, 6.45) is 3.50. The van der Waals surface area contributed by atoms with E-state index in [1.54, 1.807) is 13.1 Å². The van der Waals surface area contributed by atoms with Crippen LogP contribution in [0.5, 0.6) is 0 Å². The van der Waals surface area contributed by atoms with E-state index in [1.807, 2.05) is 12.1 Å². The van der Waals surface area contributed by atoms with Gasteiger partial charge in [-0.2, -0.15) is 0 Å². The second kappa shape index (κ2) is 7.30. The lowest BCUT2D eigenvalue weighted by molar-refractivity contribution is 0.267. The van der Waals surface area contributed by atoms with E-state index in [2.05, 4.69) is 27.4 Å². The maximum atomic E-state index is 13.8. The van der Waals surface area contributed by atoms with Crippen molar-refractivity contribution < 1.29 is 4.39 Å². The largest absolute Gasteiger partial charge is 0.355 e. The lowest BCUT2D eigenvalue weighted by Gasteiger charge is -2.24. The molecule has 0 bridgehead atoms. The Morgan fingerprint density at radius 1 is 1.39 bits per heavy atom. The fourth-order valence-corrected chi connectivity index (χ4v) is 3.60. The highest BCUT2D eigenvalue weighted by Gasteiger charge is 2.40. The third kappa shape index (κ3) is 3.83. The molecule has 1 saturated heterocycles. The second-order valence-electron chi connectivity index (χ2n) is 6.49. The van der Waals surface area contributed by atoms with Gasteiger partial charge in [0.05, 0.1) is 0 Å². The number of rotatable bonds is 5. The Bertz CT molecular complexity index is 560. The van der Waals surface area contributed by atoms with Crippen LogP contribution in [0.25, 0.3) is 0 Å². The molecule has 3 unspecified atom stereocenters. The summed E-state index contributed by atoms with van der Waals surface area (Å²) in [4.78, 5) is 6.83. The number of aliphatic imine (C=N–C) groups is 1. The molecule has 126 valence electrons. The number of hydrogen-bond donors (Lipinski definition) is 2. The van der Waals surface area contributed by atoms with Crippen molar-refractivity contribution in [2.45, 2.75) is 44.2 Å². The van der Waals surface area contributed by atoms with E-state index < -0.39 is 0 Å². The first-order valence-corrected chi connectivity index (χ1v) is 8.68. The van der Waals surface area contributed by atoms with E-state index in [9.17, 15) is 4.39 Å². The third-order valence-electron chi connectivity index (χ3n) is 5.05. The van der Waals surface area contributed by atoms with E-state index in [1.165, 1.54) is 25.5 Å². The summed E-state index contributed by atoms with van der Waals surface area (Å²) in [5, 5.41) is 6.86. The maximum absolute atomic E-state index is 13.8. The lowest BCUT2D eigenvalue weighted by atomic mass is 10.1. The molecule has 1 aliphatic carbocycles. The number of halogens is 1. The molecule has 1 aliphatic heterocycles. The van der Waals surface area contributed by atoms with Crippen LogP contribution >= 0.6 is 0 Å². The van der Waals surface area contributed by atoms with Gasteiger partial charge < -0.3 is 10.6 Å². The summed E-state index contributed by atoms with van der Waals surface area (Å²) in [7, 11) is 1.79. The first-order valence-electron chi connectivity index (χ1n) is 8.68. The van der Waals surface area contributed by atoms with Crippen molar-refractivity contribution in [3.63, 3.8) is 0 Å². The smallest absolute Gasteiger partial charge is 0.191 e. The van der Waals surface area contributed by atoms with E-state index in [0.717, 1.165) is 31.0 Å². The number of hydrogen-bond acceptors (Lipinski definition) is 2. The highest BCUT2D eigenvalue weighted by molar-refractivity contribution is 5.80. The highest BCUT2D eigenvalue weighted by Crippen LogP contribution is 2.41. The zero-order valence-electron chi connectivity index (χ0n) is 14.1. The standard InChI is InChI=1S/C18H27FN4/c1-3-23-10-6-7-13(23)12-21-18(20-2)22-17-11-15(17)14-8-4-5-9-16(14)19/h4-5,8-9,13,15,17H,3,6-7,10-12H2,1-2H3,(H2,20,21,22). The molecule has 0 radical (unpaired) electrons. The van der Waals surface area contributed by atoms with Crippen molar-refractivity contribution in [3.05, 3.63) is 35.6 Å². The molecule has 2 N–H and O–H groups in total. The minimum Gasteiger partial charge on any atom is -0.355 e. The number of likely N-dealkylation sites (N-methyl/N-ethyl adjacent to an activating group) is 1. The van der Waals surface area contributed by atoms with Crippen molar-refractivity contribution in [2.24, 2.45) is 4.99 Å². The van der Waals surface area contributed by atoms with Gasteiger partial charge in [-0.25, -0.2) is 4.39 Å². The van der Waals surface area contributed by atoms with Gasteiger partial charge in [-0.1, -0.05) is 25.1 Å². The van der Waals surface area contributed by atoms with Crippen molar-refractivity contribution in [1.29, 1.82) is 0 Å². The van der Waals surface area contributed by atoms with Gasteiger partial charge in [0.2, 0.25) is 0 Å². The fourth-order valence-electron chi connectivity index (χ4n) is 3.60. The molecule has 0 amide bonds. The van der Waals surface area contributed by atoms with Gasteiger partial charge in [0.25, 0.3) is 0 Å². The Morgan fingerprint density at radius 3 is 2.96 bits per heavy atom. The van der Waals surface area contributed by atoms with Crippen LogP contribution in [-0.4, -0.2) is 49.6 Å². The average molecular weight is 318 g/mol. The summed E-state index contributed by atoms with van der Waals surface area (Å²) in [5.74, 6) is 0.986. The minimum atomic E-state index is -0.103. The van der Waals surface area contributed by atoms with Gasteiger partial charge in [-0.15, -0.1) is 0 Å². The zero-order valence-corrected chi connectivity index (χ0v) is 14.1. The average Bonchev–Trinajstić information content (AvgIpc) is 3.17. The number of nitrogens with zero attached hydrogens (tertiary/aromatic N) is 2.